The molecule has 2 rings (SSSR count). The number of rotatable bonds is 2. The Morgan fingerprint density at radius 2 is 2.06 bits per heavy atom. The van der Waals surface area contributed by atoms with Crippen molar-refractivity contribution < 1.29 is 13.2 Å². The van der Waals surface area contributed by atoms with Crippen molar-refractivity contribution in [3.8, 4) is 0 Å². The molecule has 0 saturated heterocycles. The average Bonchev–Trinajstić information content (AvgIpc) is 2.66. The number of alkyl halides is 3. The van der Waals surface area contributed by atoms with Crippen molar-refractivity contribution in [3.63, 3.8) is 0 Å². The van der Waals surface area contributed by atoms with Crippen LogP contribution < -0.4 is 5.56 Å². The molecule has 96 valence electrons. The van der Waals surface area contributed by atoms with Gasteiger partial charge in [0.05, 0.1) is 15.9 Å². The number of pyridine rings is 1. The number of aromatic nitrogens is 1. The predicted octanol–water partition coefficient (Wildman–Crippen LogP) is 3.74. The quantitative estimate of drug-likeness (QED) is 0.818. The Morgan fingerprint density at radius 1 is 1.33 bits per heavy atom. The molecule has 2 nitrogen and oxygen atoms in total. The highest BCUT2D eigenvalue weighted by atomic mass is 79.9. The Morgan fingerprint density at radius 3 is 2.61 bits per heavy atom. The molecule has 7 heteroatoms. The molecular formula is C11H7BrF3NOS. The van der Waals surface area contributed by atoms with Crippen LogP contribution >= 0.6 is 27.3 Å². The minimum absolute atomic E-state index is 0.130. The zero-order chi connectivity index (χ0) is 13.3. The van der Waals surface area contributed by atoms with Gasteiger partial charge in [0, 0.05) is 12.3 Å². The van der Waals surface area contributed by atoms with E-state index < -0.39 is 17.3 Å². The molecule has 2 heterocycles. The van der Waals surface area contributed by atoms with E-state index in [0.717, 1.165) is 32.2 Å². The first kappa shape index (κ1) is 13.4. The van der Waals surface area contributed by atoms with E-state index in [1.807, 2.05) is 0 Å². The van der Waals surface area contributed by atoms with Gasteiger partial charge in [0.1, 0.15) is 0 Å². The van der Waals surface area contributed by atoms with E-state index in [0.29, 0.717) is 0 Å². The summed E-state index contributed by atoms with van der Waals surface area (Å²) in [7, 11) is 0. The molecule has 0 atom stereocenters. The van der Waals surface area contributed by atoms with Crippen molar-refractivity contribution in [3.05, 3.63) is 55.0 Å². The molecule has 0 unspecified atom stereocenters. The van der Waals surface area contributed by atoms with Crippen LogP contribution in [0.5, 0.6) is 0 Å². The molecular weight excluding hydrogens is 331 g/mol. The molecule has 0 aliphatic rings. The second-order valence-corrected chi connectivity index (χ2v) is 5.93. The minimum Gasteiger partial charge on any atom is -0.310 e. The van der Waals surface area contributed by atoms with Crippen LogP contribution in [0.3, 0.4) is 0 Å². The molecule has 0 fully saturated rings. The van der Waals surface area contributed by atoms with Gasteiger partial charge in [0.25, 0.3) is 5.56 Å². The van der Waals surface area contributed by atoms with Gasteiger partial charge >= 0.3 is 6.18 Å². The van der Waals surface area contributed by atoms with E-state index >= 15 is 0 Å². The van der Waals surface area contributed by atoms with E-state index in [4.69, 9.17) is 0 Å². The first-order valence-corrected chi connectivity index (χ1v) is 6.54. The average molecular weight is 338 g/mol. The molecule has 18 heavy (non-hydrogen) atoms. The third-order valence-electron chi connectivity index (χ3n) is 2.29. The van der Waals surface area contributed by atoms with E-state index in [2.05, 4.69) is 15.9 Å². The monoisotopic (exact) mass is 337 g/mol. The Hall–Kier alpha value is -1.08. The number of thiophene rings is 1. The number of hydrogen-bond acceptors (Lipinski definition) is 2. The molecule has 0 saturated carbocycles. The van der Waals surface area contributed by atoms with Crippen LogP contribution in [0.2, 0.25) is 0 Å². The molecule has 0 bridgehead atoms. The third-order valence-corrected chi connectivity index (χ3v) is 3.84. The van der Waals surface area contributed by atoms with Gasteiger partial charge in [-0.05, 0) is 39.0 Å². The van der Waals surface area contributed by atoms with E-state index in [9.17, 15) is 18.0 Å². The molecule has 0 aromatic carbocycles. The lowest BCUT2D eigenvalue weighted by Crippen LogP contribution is -2.21. The number of hydrogen-bond donors (Lipinski definition) is 0. The fourth-order valence-electron chi connectivity index (χ4n) is 1.45. The summed E-state index contributed by atoms with van der Waals surface area (Å²) in [5, 5.41) is 1.79. The summed E-state index contributed by atoms with van der Waals surface area (Å²) < 4.78 is 39.5. The number of halogens is 4. The molecule has 0 aliphatic heterocycles. The molecule has 0 aliphatic carbocycles. The van der Waals surface area contributed by atoms with Crippen molar-refractivity contribution in [2.24, 2.45) is 0 Å². The zero-order valence-electron chi connectivity index (χ0n) is 8.87. The second kappa shape index (κ2) is 4.89. The van der Waals surface area contributed by atoms with Crippen molar-refractivity contribution in [2.45, 2.75) is 12.7 Å². The second-order valence-electron chi connectivity index (χ2n) is 3.64. The minimum atomic E-state index is -4.44. The number of nitrogens with zero attached hydrogens (tertiary/aromatic N) is 1. The lowest BCUT2D eigenvalue weighted by Gasteiger charge is -2.09. The fourth-order valence-corrected chi connectivity index (χ4v) is 2.65. The van der Waals surface area contributed by atoms with Gasteiger partial charge < -0.3 is 4.57 Å². The van der Waals surface area contributed by atoms with Gasteiger partial charge in [-0.2, -0.15) is 13.2 Å². The maximum absolute atomic E-state index is 12.5. The molecule has 2 aromatic rings. The summed E-state index contributed by atoms with van der Waals surface area (Å²) in [6.45, 7) is 0.130. The van der Waals surface area contributed by atoms with E-state index in [1.165, 1.54) is 11.3 Å². The normalized spacial score (nSPS) is 11.8. The van der Waals surface area contributed by atoms with Crippen molar-refractivity contribution in [1.29, 1.82) is 0 Å². The van der Waals surface area contributed by atoms with Crippen molar-refractivity contribution >= 4 is 27.3 Å². The van der Waals surface area contributed by atoms with Gasteiger partial charge in [-0.15, -0.1) is 11.3 Å². The summed E-state index contributed by atoms with van der Waals surface area (Å²) in [5.41, 5.74) is -0.491. The Kier molecular flexibility index (Phi) is 3.63. The van der Waals surface area contributed by atoms with Crippen LogP contribution in [-0.2, 0) is 12.7 Å². The smallest absolute Gasteiger partial charge is 0.310 e. The molecule has 0 N–H and O–H groups in total. The van der Waals surface area contributed by atoms with Crippen LogP contribution in [0.15, 0.2) is 38.4 Å². The summed E-state index contributed by atoms with van der Waals surface area (Å²) in [4.78, 5) is 11.5. The summed E-state index contributed by atoms with van der Waals surface area (Å²) in [5.74, 6) is 0. The zero-order valence-corrected chi connectivity index (χ0v) is 11.3. The molecule has 0 spiro atoms. The summed E-state index contributed by atoms with van der Waals surface area (Å²) >= 11 is 4.68. The first-order valence-electron chi connectivity index (χ1n) is 4.87. The standard InChI is InChI=1S/C11H7BrF3NOS/c12-9-3-7(6-18-9)4-16-5-8(11(13,14)15)1-2-10(16)17/h1-3,5-6H,4H2. The van der Waals surface area contributed by atoms with Crippen LogP contribution in [0, 0.1) is 0 Å². The van der Waals surface area contributed by atoms with Crippen LogP contribution in [0.25, 0.3) is 0 Å². The van der Waals surface area contributed by atoms with Gasteiger partial charge in [0.2, 0.25) is 0 Å². The highest BCUT2D eigenvalue weighted by molar-refractivity contribution is 9.11. The van der Waals surface area contributed by atoms with Crippen LogP contribution in [0.1, 0.15) is 11.1 Å². The highest BCUT2D eigenvalue weighted by Crippen LogP contribution is 2.28. The SMILES string of the molecule is O=c1ccc(C(F)(F)F)cn1Cc1csc(Br)c1. The lowest BCUT2D eigenvalue weighted by atomic mass is 10.2. The largest absolute Gasteiger partial charge is 0.417 e. The van der Waals surface area contributed by atoms with E-state index in [1.54, 1.807) is 11.4 Å². The highest BCUT2D eigenvalue weighted by Gasteiger charge is 2.31. The lowest BCUT2D eigenvalue weighted by molar-refractivity contribution is -0.138. The molecule has 2 aromatic heterocycles. The molecule has 0 amide bonds. The van der Waals surface area contributed by atoms with Gasteiger partial charge in [0.15, 0.2) is 0 Å². The van der Waals surface area contributed by atoms with Crippen molar-refractivity contribution in [1.82, 2.24) is 4.57 Å². The maximum atomic E-state index is 12.5. The van der Waals surface area contributed by atoms with Gasteiger partial charge in [-0.1, -0.05) is 0 Å². The Bertz CT molecular complexity index is 617. The summed E-state index contributed by atoms with van der Waals surface area (Å²) in [6, 6.07) is 3.50. The van der Waals surface area contributed by atoms with Crippen molar-refractivity contribution in [2.75, 3.05) is 0 Å². The maximum Gasteiger partial charge on any atom is 0.417 e. The summed E-state index contributed by atoms with van der Waals surface area (Å²) in [6.07, 6.45) is -3.60. The Balaban J connectivity index is 2.35. The predicted molar refractivity (Wildman–Crippen MR) is 66.8 cm³/mol. The fraction of sp³-hybridized carbons (Fsp3) is 0.182. The van der Waals surface area contributed by atoms with Crippen LogP contribution in [-0.4, -0.2) is 4.57 Å². The first-order chi connectivity index (χ1) is 8.36. The Labute approximate surface area is 113 Å². The van der Waals surface area contributed by atoms with Gasteiger partial charge in [-0.25, -0.2) is 0 Å². The van der Waals surface area contributed by atoms with E-state index in [-0.39, 0.29) is 6.54 Å². The van der Waals surface area contributed by atoms with Crippen LogP contribution in [0.4, 0.5) is 13.2 Å². The van der Waals surface area contributed by atoms with Gasteiger partial charge in [-0.3, -0.25) is 4.79 Å². The third kappa shape index (κ3) is 3.02. The molecule has 0 radical (unpaired) electrons. The topological polar surface area (TPSA) is 22.0 Å².